The largest absolute Gasteiger partial charge is 0.398 e. The molecule has 0 atom stereocenters. The third kappa shape index (κ3) is 3.09. The van der Waals surface area contributed by atoms with Crippen molar-refractivity contribution in [3.8, 4) is 17.2 Å². The SMILES string of the molecule is CN[C@H]1CC[C@H](n2cc(-c3cccc(N)c3C)c3cc(C#N)ccc32)CC1. The fraction of sp³-hybridized carbons (Fsp3) is 0.348. The van der Waals surface area contributed by atoms with E-state index in [2.05, 4.69) is 48.3 Å². The van der Waals surface area contributed by atoms with Crippen molar-refractivity contribution in [3.05, 3.63) is 53.7 Å². The number of fused-ring (bicyclic) bond motifs is 1. The topological polar surface area (TPSA) is 66.8 Å². The second-order valence-corrected chi connectivity index (χ2v) is 7.61. The molecule has 1 aliphatic rings. The van der Waals surface area contributed by atoms with Gasteiger partial charge in [0.15, 0.2) is 0 Å². The van der Waals surface area contributed by atoms with Gasteiger partial charge in [0.25, 0.3) is 0 Å². The van der Waals surface area contributed by atoms with E-state index in [1.54, 1.807) is 0 Å². The van der Waals surface area contributed by atoms with Crippen molar-refractivity contribution in [1.29, 1.82) is 5.26 Å². The Morgan fingerprint density at radius 1 is 1.11 bits per heavy atom. The summed E-state index contributed by atoms with van der Waals surface area (Å²) in [5.41, 5.74) is 12.3. The van der Waals surface area contributed by atoms with Crippen LogP contribution >= 0.6 is 0 Å². The summed E-state index contributed by atoms with van der Waals surface area (Å²) in [6, 6.07) is 15.5. The van der Waals surface area contributed by atoms with Gasteiger partial charge in [0.05, 0.1) is 11.6 Å². The van der Waals surface area contributed by atoms with Gasteiger partial charge < -0.3 is 15.6 Å². The van der Waals surface area contributed by atoms with Crippen molar-refractivity contribution in [2.24, 2.45) is 0 Å². The lowest BCUT2D eigenvalue weighted by Gasteiger charge is -2.29. The Labute approximate surface area is 160 Å². The monoisotopic (exact) mass is 358 g/mol. The minimum absolute atomic E-state index is 0.500. The molecule has 0 radical (unpaired) electrons. The van der Waals surface area contributed by atoms with Crippen molar-refractivity contribution >= 4 is 16.6 Å². The van der Waals surface area contributed by atoms with Crippen molar-refractivity contribution < 1.29 is 0 Å². The molecule has 0 spiro atoms. The maximum atomic E-state index is 9.39. The molecule has 1 fully saturated rings. The number of anilines is 1. The summed E-state index contributed by atoms with van der Waals surface area (Å²) in [5.74, 6) is 0. The molecule has 1 aromatic heterocycles. The van der Waals surface area contributed by atoms with Gasteiger partial charge in [0, 0.05) is 40.4 Å². The summed E-state index contributed by atoms with van der Waals surface area (Å²) < 4.78 is 2.43. The Morgan fingerprint density at radius 2 is 1.89 bits per heavy atom. The maximum Gasteiger partial charge on any atom is 0.0991 e. The molecule has 0 unspecified atom stereocenters. The van der Waals surface area contributed by atoms with E-state index in [1.807, 2.05) is 24.3 Å². The minimum atomic E-state index is 0.500. The molecule has 4 heteroatoms. The molecule has 3 aromatic rings. The highest BCUT2D eigenvalue weighted by Crippen LogP contribution is 2.39. The number of rotatable bonds is 3. The van der Waals surface area contributed by atoms with E-state index in [9.17, 15) is 5.26 Å². The lowest BCUT2D eigenvalue weighted by atomic mass is 9.91. The Balaban J connectivity index is 1.87. The molecule has 27 heavy (non-hydrogen) atoms. The standard InChI is InChI=1S/C23H26N4/c1-15-19(4-3-5-22(15)25)21-14-27(18-9-7-17(26-2)8-10-18)23-11-6-16(13-24)12-20(21)23/h3-6,11-12,14,17-18,26H,7-10,25H2,1-2H3/t17-,18-. The third-order valence-corrected chi connectivity index (χ3v) is 6.13. The smallest absolute Gasteiger partial charge is 0.0991 e. The first kappa shape index (κ1) is 17.6. The number of nitrogens with one attached hydrogen (secondary N) is 1. The summed E-state index contributed by atoms with van der Waals surface area (Å²) in [7, 11) is 2.06. The van der Waals surface area contributed by atoms with E-state index in [4.69, 9.17) is 5.73 Å². The second kappa shape index (κ2) is 7.09. The first-order valence-corrected chi connectivity index (χ1v) is 9.69. The van der Waals surface area contributed by atoms with Gasteiger partial charge in [-0.15, -0.1) is 0 Å². The highest BCUT2D eigenvalue weighted by molar-refractivity contribution is 5.98. The molecule has 1 aliphatic carbocycles. The van der Waals surface area contributed by atoms with Crippen LogP contribution in [0.3, 0.4) is 0 Å². The minimum Gasteiger partial charge on any atom is -0.398 e. The summed E-state index contributed by atoms with van der Waals surface area (Å²) in [6.07, 6.45) is 7.01. The van der Waals surface area contributed by atoms with Gasteiger partial charge in [0.1, 0.15) is 0 Å². The zero-order valence-electron chi connectivity index (χ0n) is 16.0. The van der Waals surface area contributed by atoms with Crippen molar-refractivity contribution in [3.63, 3.8) is 0 Å². The van der Waals surface area contributed by atoms with E-state index < -0.39 is 0 Å². The molecule has 3 N–H and O–H groups in total. The van der Waals surface area contributed by atoms with Gasteiger partial charge in [-0.25, -0.2) is 0 Å². The van der Waals surface area contributed by atoms with Crippen LogP contribution in [0.25, 0.3) is 22.0 Å². The molecule has 4 nitrogen and oxygen atoms in total. The van der Waals surface area contributed by atoms with Crippen LogP contribution < -0.4 is 11.1 Å². The molecule has 0 saturated heterocycles. The zero-order chi connectivity index (χ0) is 19.0. The quantitative estimate of drug-likeness (QED) is 0.663. The number of nitrogen functional groups attached to an aromatic ring is 1. The van der Waals surface area contributed by atoms with Crippen LogP contribution in [0.5, 0.6) is 0 Å². The molecule has 0 aliphatic heterocycles. The average molecular weight is 358 g/mol. The number of nitrogens with zero attached hydrogens (tertiary/aromatic N) is 2. The predicted molar refractivity (Wildman–Crippen MR) is 112 cm³/mol. The molecule has 0 bridgehead atoms. The number of hydrogen-bond donors (Lipinski definition) is 2. The van der Waals surface area contributed by atoms with E-state index in [0.29, 0.717) is 17.6 Å². The number of hydrogen-bond acceptors (Lipinski definition) is 3. The fourth-order valence-corrected chi connectivity index (χ4v) is 4.43. The Bertz CT molecular complexity index is 1020. The number of benzene rings is 2. The second-order valence-electron chi connectivity index (χ2n) is 7.61. The normalized spacial score (nSPS) is 19.9. The lowest BCUT2D eigenvalue weighted by Crippen LogP contribution is -2.30. The van der Waals surface area contributed by atoms with Gasteiger partial charge in [-0.05, 0) is 75.0 Å². The highest BCUT2D eigenvalue weighted by atomic mass is 15.0. The third-order valence-electron chi connectivity index (χ3n) is 6.13. The Morgan fingerprint density at radius 3 is 2.59 bits per heavy atom. The molecular formula is C23H26N4. The predicted octanol–water partition coefficient (Wildman–Crippen LogP) is 4.77. The molecule has 4 rings (SSSR count). The van der Waals surface area contributed by atoms with E-state index in [-0.39, 0.29) is 0 Å². The average Bonchev–Trinajstić information content (AvgIpc) is 3.08. The van der Waals surface area contributed by atoms with Crippen molar-refractivity contribution in [2.45, 2.75) is 44.7 Å². The van der Waals surface area contributed by atoms with Crippen LogP contribution in [0.2, 0.25) is 0 Å². The van der Waals surface area contributed by atoms with Gasteiger partial charge >= 0.3 is 0 Å². The Hall–Kier alpha value is -2.77. The molecule has 2 aromatic carbocycles. The lowest BCUT2D eigenvalue weighted by molar-refractivity contribution is 0.305. The molecule has 1 saturated carbocycles. The number of aromatic nitrogens is 1. The van der Waals surface area contributed by atoms with Gasteiger partial charge in [0.2, 0.25) is 0 Å². The van der Waals surface area contributed by atoms with Crippen molar-refractivity contribution in [2.75, 3.05) is 12.8 Å². The van der Waals surface area contributed by atoms with Crippen molar-refractivity contribution in [1.82, 2.24) is 9.88 Å². The van der Waals surface area contributed by atoms with Crippen LogP contribution in [-0.4, -0.2) is 17.7 Å². The van der Waals surface area contributed by atoms with Crippen LogP contribution in [0.1, 0.15) is 42.9 Å². The van der Waals surface area contributed by atoms with Crippen LogP contribution in [0.15, 0.2) is 42.6 Å². The van der Waals surface area contributed by atoms with Crippen LogP contribution in [-0.2, 0) is 0 Å². The molecule has 1 heterocycles. The first-order valence-electron chi connectivity index (χ1n) is 9.69. The van der Waals surface area contributed by atoms with Gasteiger partial charge in [-0.2, -0.15) is 5.26 Å². The highest BCUT2D eigenvalue weighted by Gasteiger charge is 2.24. The van der Waals surface area contributed by atoms with Crippen LogP contribution in [0, 0.1) is 18.3 Å². The molecule has 138 valence electrons. The van der Waals surface area contributed by atoms with E-state index in [1.165, 1.54) is 36.8 Å². The summed E-state index contributed by atoms with van der Waals surface area (Å²) in [5, 5.41) is 13.9. The maximum absolute atomic E-state index is 9.39. The summed E-state index contributed by atoms with van der Waals surface area (Å²) in [4.78, 5) is 0. The van der Waals surface area contributed by atoms with Gasteiger partial charge in [-0.1, -0.05) is 12.1 Å². The molecule has 0 amide bonds. The van der Waals surface area contributed by atoms with Gasteiger partial charge in [-0.3, -0.25) is 0 Å². The number of nitrogens with two attached hydrogens (primary N) is 1. The number of nitriles is 1. The summed E-state index contributed by atoms with van der Waals surface area (Å²) in [6.45, 7) is 2.07. The fourth-order valence-electron chi connectivity index (χ4n) is 4.43. The van der Waals surface area contributed by atoms with E-state index >= 15 is 0 Å². The first-order chi connectivity index (χ1) is 13.1. The summed E-state index contributed by atoms with van der Waals surface area (Å²) >= 11 is 0. The van der Waals surface area contributed by atoms with Crippen LogP contribution in [0.4, 0.5) is 5.69 Å². The molecular weight excluding hydrogens is 332 g/mol. The Kier molecular flexibility index (Phi) is 4.63. The van der Waals surface area contributed by atoms with E-state index in [0.717, 1.165) is 22.2 Å². The zero-order valence-corrected chi connectivity index (χ0v) is 16.0.